The summed E-state index contributed by atoms with van der Waals surface area (Å²) in [5.41, 5.74) is 8.28. The van der Waals surface area contributed by atoms with Crippen LogP contribution in [0.15, 0.2) is 24.3 Å². The van der Waals surface area contributed by atoms with Gasteiger partial charge in [0, 0.05) is 24.3 Å². The Kier molecular flexibility index (Phi) is 3.46. The fourth-order valence-corrected chi connectivity index (χ4v) is 2.08. The third kappa shape index (κ3) is 2.36. The zero-order chi connectivity index (χ0) is 11.5. The molecule has 0 radical (unpaired) electrons. The third-order valence-corrected chi connectivity index (χ3v) is 3.12. The van der Waals surface area contributed by atoms with Gasteiger partial charge in [0.2, 0.25) is 0 Å². The molecule has 1 saturated heterocycles. The second kappa shape index (κ2) is 4.85. The summed E-state index contributed by atoms with van der Waals surface area (Å²) in [7, 11) is 0. The van der Waals surface area contributed by atoms with Crippen molar-refractivity contribution in [2.45, 2.75) is 25.9 Å². The summed E-state index contributed by atoms with van der Waals surface area (Å²) in [6, 6.07) is 9.09. The Morgan fingerprint density at radius 3 is 2.62 bits per heavy atom. The Hall–Kier alpha value is -1.06. The van der Waals surface area contributed by atoms with Gasteiger partial charge in [0.15, 0.2) is 0 Å². The van der Waals surface area contributed by atoms with Gasteiger partial charge in [-0.05, 0) is 31.5 Å². The first kappa shape index (κ1) is 11.4. The van der Waals surface area contributed by atoms with Crippen molar-refractivity contribution in [3.63, 3.8) is 0 Å². The van der Waals surface area contributed by atoms with Crippen molar-refractivity contribution >= 4 is 5.69 Å². The summed E-state index contributed by atoms with van der Waals surface area (Å²) in [6.07, 6.45) is 0. The molecule has 1 heterocycles. The normalized spacial score (nSPS) is 23.2. The number of hydrogen-bond acceptors (Lipinski definition) is 3. The van der Waals surface area contributed by atoms with Crippen molar-refractivity contribution in [2.75, 3.05) is 24.7 Å². The Morgan fingerprint density at radius 2 is 2.06 bits per heavy atom. The fraction of sp³-hybridized carbons (Fsp3) is 0.538. The molecule has 0 spiro atoms. The Balaban J connectivity index is 2.14. The van der Waals surface area contributed by atoms with Gasteiger partial charge >= 0.3 is 0 Å². The Labute approximate surface area is 97.2 Å². The van der Waals surface area contributed by atoms with Crippen LogP contribution in [0.1, 0.15) is 25.5 Å². The molecular formula is C13H20N2O. The van der Waals surface area contributed by atoms with E-state index >= 15 is 0 Å². The van der Waals surface area contributed by atoms with Gasteiger partial charge in [0.25, 0.3) is 0 Å². The molecule has 1 unspecified atom stereocenters. The van der Waals surface area contributed by atoms with E-state index in [0.717, 1.165) is 19.8 Å². The van der Waals surface area contributed by atoms with Gasteiger partial charge in [-0.2, -0.15) is 0 Å². The maximum Gasteiger partial charge on any atom is 0.0668 e. The van der Waals surface area contributed by atoms with Crippen molar-refractivity contribution < 1.29 is 4.74 Å². The smallest absolute Gasteiger partial charge is 0.0668 e. The zero-order valence-corrected chi connectivity index (χ0v) is 10.0. The Morgan fingerprint density at radius 1 is 1.38 bits per heavy atom. The molecule has 3 nitrogen and oxygen atoms in total. The highest BCUT2D eigenvalue weighted by Crippen LogP contribution is 2.21. The molecular weight excluding hydrogens is 200 g/mol. The highest BCUT2D eigenvalue weighted by Gasteiger charge is 2.18. The van der Waals surface area contributed by atoms with Crippen LogP contribution in [-0.4, -0.2) is 25.8 Å². The lowest BCUT2D eigenvalue weighted by Gasteiger charge is -2.35. The largest absolute Gasteiger partial charge is 0.377 e. The number of nitrogens with zero attached hydrogens (tertiary/aromatic N) is 1. The molecule has 16 heavy (non-hydrogen) atoms. The molecule has 2 atom stereocenters. The van der Waals surface area contributed by atoms with Crippen molar-refractivity contribution in [1.29, 1.82) is 0 Å². The summed E-state index contributed by atoms with van der Waals surface area (Å²) in [5, 5.41) is 0. The van der Waals surface area contributed by atoms with Crippen LogP contribution in [0.3, 0.4) is 0 Å². The first-order valence-electron chi connectivity index (χ1n) is 5.88. The van der Waals surface area contributed by atoms with Crippen LogP contribution < -0.4 is 10.6 Å². The molecule has 0 saturated carbocycles. The Bertz CT molecular complexity index is 334. The van der Waals surface area contributed by atoms with Gasteiger partial charge in [0.1, 0.15) is 0 Å². The van der Waals surface area contributed by atoms with E-state index in [2.05, 4.69) is 36.1 Å². The van der Waals surface area contributed by atoms with Crippen LogP contribution in [0.4, 0.5) is 5.69 Å². The molecule has 0 aliphatic carbocycles. The van der Waals surface area contributed by atoms with E-state index in [-0.39, 0.29) is 6.04 Å². The van der Waals surface area contributed by atoms with Crippen LogP contribution >= 0.6 is 0 Å². The number of nitrogens with two attached hydrogens (primary N) is 1. The minimum absolute atomic E-state index is 0.108. The van der Waals surface area contributed by atoms with Gasteiger partial charge in [-0.1, -0.05) is 12.1 Å². The first-order valence-corrected chi connectivity index (χ1v) is 5.88. The van der Waals surface area contributed by atoms with Crippen molar-refractivity contribution in [3.05, 3.63) is 29.8 Å². The molecule has 1 aromatic rings. The molecule has 3 heteroatoms. The second-order valence-electron chi connectivity index (χ2n) is 4.50. The number of ether oxygens (including phenoxy) is 1. The van der Waals surface area contributed by atoms with E-state index in [1.807, 2.05) is 6.92 Å². The van der Waals surface area contributed by atoms with Gasteiger partial charge < -0.3 is 15.4 Å². The van der Waals surface area contributed by atoms with Crippen molar-refractivity contribution in [3.8, 4) is 0 Å². The lowest BCUT2D eigenvalue weighted by Crippen LogP contribution is -2.43. The maximum atomic E-state index is 5.84. The number of hydrogen-bond donors (Lipinski definition) is 1. The number of rotatable bonds is 2. The van der Waals surface area contributed by atoms with Gasteiger partial charge in [-0.25, -0.2) is 0 Å². The minimum Gasteiger partial charge on any atom is -0.377 e. The quantitative estimate of drug-likeness (QED) is 0.827. The molecule has 2 N–H and O–H groups in total. The van der Waals surface area contributed by atoms with Crippen LogP contribution in [-0.2, 0) is 4.74 Å². The maximum absolute atomic E-state index is 5.84. The molecule has 1 aliphatic heterocycles. The van der Waals surface area contributed by atoms with E-state index in [0.29, 0.717) is 6.04 Å². The van der Waals surface area contributed by atoms with Crippen LogP contribution in [0.2, 0.25) is 0 Å². The van der Waals surface area contributed by atoms with E-state index in [1.165, 1.54) is 11.3 Å². The number of benzene rings is 1. The fourth-order valence-electron chi connectivity index (χ4n) is 2.08. The van der Waals surface area contributed by atoms with Crippen LogP contribution in [0.25, 0.3) is 0 Å². The van der Waals surface area contributed by atoms with E-state index in [9.17, 15) is 0 Å². The summed E-state index contributed by atoms with van der Waals surface area (Å²) in [5.74, 6) is 0. The average molecular weight is 220 g/mol. The third-order valence-electron chi connectivity index (χ3n) is 3.12. The van der Waals surface area contributed by atoms with Crippen LogP contribution in [0.5, 0.6) is 0 Å². The molecule has 0 bridgehead atoms. The molecule has 1 aliphatic rings. The summed E-state index contributed by atoms with van der Waals surface area (Å²) in [4.78, 5) is 2.38. The lowest BCUT2D eigenvalue weighted by molar-refractivity contribution is 0.0989. The average Bonchev–Trinajstić information content (AvgIpc) is 2.30. The summed E-state index contributed by atoms with van der Waals surface area (Å²) < 4.78 is 5.43. The standard InChI is InChI=1S/C13H20N2O/c1-10-9-16-8-7-15(10)13-5-3-12(4-6-13)11(2)14/h3-6,10-11H,7-9,14H2,1-2H3/t10-,11?/m0/s1. The highest BCUT2D eigenvalue weighted by atomic mass is 16.5. The van der Waals surface area contributed by atoms with Crippen molar-refractivity contribution in [1.82, 2.24) is 0 Å². The minimum atomic E-state index is 0.108. The second-order valence-corrected chi connectivity index (χ2v) is 4.50. The lowest BCUT2D eigenvalue weighted by atomic mass is 10.1. The van der Waals surface area contributed by atoms with E-state index in [4.69, 9.17) is 10.5 Å². The molecule has 0 amide bonds. The van der Waals surface area contributed by atoms with Crippen LogP contribution in [0, 0.1) is 0 Å². The van der Waals surface area contributed by atoms with Gasteiger partial charge in [-0.15, -0.1) is 0 Å². The monoisotopic (exact) mass is 220 g/mol. The topological polar surface area (TPSA) is 38.5 Å². The zero-order valence-electron chi connectivity index (χ0n) is 10.0. The predicted molar refractivity (Wildman–Crippen MR) is 66.7 cm³/mol. The highest BCUT2D eigenvalue weighted by molar-refractivity contribution is 5.49. The molecule has 88 valence electrons. The SMILES string of the molecule is CC(N)c1ccc(N2CCOC[C@@H]2C)cc1. The molecule has 1 aromatic carbocycles. The van der Waals surface area contributed by atoms with Gasteiger partial charge in [0.05, 0.1) is 13.2 Å². The molecule has 0 aromatic heterocycles. The summed E-state index contributed by atoms with van der Waals surface area (Å²) in [6.45, 7) is 6.80. The van der Waals surface area contributed by atoms with E-state index in [1.54, 1.807) is 0 Å². The number of morpholine rings is 1. The first-order chi connectivity index (χ1) is 7.68. The molecule has 1 fully saturated rings. The van der Waals surface area contributed by atoms with E-state index < -0.39 is 0 Å². The predicted octanol–water partition coefficient (Wildman–Crippen LogP) is 1.93. The molecule has 2 rings (SSSR count). The van der Waals surface area contributed by atoms with Crippen molar-refractivity contribution in [2.24, 2.45) is 5.73 Å². The number of anilines is 1. The van der Waals surface area contributed by atoms with Gasteiger partial charge in [-0.3, -0.25) is 0 Å². The summed E-state index contributed by atoms with van der Waals surface area (Å²) >= 11 is 0.